The van der Waals surface area contributed by atoms with Crippen molar-refractivity contribution in [3.63, 3.8) is 0 Å². The number of unbranched alkanes of at least 4 members (excludes halogenated alkanes) is 22. The van der Waals surface area contributed by atoms with E-state index in [0.29, 0.717) is 19.3 Å². The molecule has 0 rings (SSSR count). The van der Waals surface area contributed by atoms with Crippen molar-refractivity contribution in [3.8, 4) is 0 Å². The Bertz CT molecular complexity index is 1160. The summed E-state index contributed by atoms with van der Waals surface area (Å²) in [5.41, 5.74) is 0. The van der Waals surface area contributed by atoms with Gasteiger partial charge in [-0.3, -0.25) is 14.4 Å². The molecule has 0 radical (unpaired) electrons. The van der Waals surface area contributed by atoms with Gasteiger partial charge in [-0.2, -0.15) is 0 Å². The molecule has 0 aliphatic rings. The summed E-state index contributed by atoms with van der Waals surface area (Å²) in [5, 5.41) is 0. The van der Waals surface area contributed by atoms with E-state index in [2.05, 4.69) is 87.6 Å². The Morgan fingerprint density at radius 2 is 0.672 bits per heavy atom. The van der Waals surface area contributed by atoms with E-state index in [9.17, 15) is 14.4 Å². The van der Waals surface area contributed by atoms with Crippen LogP contribution in [0, 0.1) is 0 Å². The third kappa shape index (κ3) is 47.7. The number of ether oxygens (including phenoxy) is 3. The zero-order valence-electron chi connectivity index (χ0n) is 39.9. The topological polar surface area (TPSA) is 78.9 Å². The number of esters is 3. The van der Waals surface area contributed by atoms with Gasteiger partial charge < -0.3 is 14.2 Å². The fraction of sp³-hybridized carbons (Fsp3) is 0.727. The molecule has 0 aromatic rings. The zero-order valence-corrected chi connectivity index (χ0v) is 39.9. The highest BCUT2D eigenvalue weighted by atomic mass is 16.6. The van der Waals surface area contributed by atoms with Gasteiger partial charge in [0.05, 0.1) is 0 Å². The summed E-state index contributed by atoms with van der Waals surface area (Å²) in [7, 11) is 0. The van der Waals surface area contributed by atoms with E-state index in [4.69, 9.17) is 14.2 Å². The fourth-order valence-corrected chi connectivity index (χ4v) is 6.90. The van der Waals surface area contributed by atoms with Crippen LogP contribution in [0.4, 0.5) is 0 Å². The van der Waals surface area contributed by atoms with Crippen molar-refractivity contribution in [3.05, 3.63) is 72.9 Å². The van der Waals surface area contributed by atoms with E-state index < -0.39 is 6.10 Å². The van der Waals surface area contributed by atoms with Crippen LogP contribution in [0.15, 0.2) is 72.9 Å². The van der Waals surface area contributed by atoms with Gasteiger partial charge in [-0.05, 0) is 77.0 Å². The van der Waals surface area contributed by atoms with E-state index >= 15 is 0 Å². The van der Waals surface area contributed by atoms with Crippen LogP contribution in [0.2, 0.25) is 0 Å². The smallest absolute Gasteiger partial charge is 0.306 e. The third-order valence-corrected chi connectivity index (χ3v) is 10.7. The summed E-state index contributed by atoms with van der Waals surface area (Å²) < 4.78 is 16.7. The first-order valence-electron chi connectivity index (χ1n) is 25.4. The highest BCUT2D eigenvalue weighted by Crippen LogP contribution is 2.14. The Morgan fingerprint density at radius 3 is 1.07 bits per heavy atom. The molecule has 0 amide bonds. The van der Waals surface area contributed by atoms with Crippen molar-refractivity contribution in [2.75, 3.05) is 13.2 Å². The van der Waals surface area contributed by atoms with E-state index in [1.165, 1.54) is 103 Å². The van der Waals surface area contributed by atoms with Crippen molar-refractivity contribution in [2.45, 2.75) is 245 Å². The summed E-state index contributed by atoms with van der Waals surface area (Å²) in [6, 6.07) is 0. The Kier molecular flexibility index (Phi) is 46.9. The summed E-state index contributed by atoms with van der Waals surface area (Å²) >= 11 is 0. The van der Waals surface area contributed by atoms with Crippen LogP contribution < -0.4 is 0 Å². The third-order valence-electron chi connectivity index (χ3n) is 10.7. The van der Waals surface area contributed by atoms with E-state index in [0.717, 1.165) is 89.9 Å². The lowest BCUT2D eigenvalue weighted by atomic mass is 10.1. The Labute approximate surface area is 376 Å². The number of allylic oxidation sites excluding steroid dienone is 12. The average Bonchev–Trinajstić information content (AvgIpc) is 3.26. The molecule has 0 aromatic carbocycles. The first-order valence-corrected chi connectivity index (χ1v) is 25.4. The minimum Gasteiger partial charge on any atom is -0.462 e. The van der Waals surface area contributed by atoms with Gasteiger partial charge >= 0.3 is 17.9 Å². The predicted molar refractivity (Wildman–Crippen MR) is 261 cm³/mol. The first kappa shape index (κ1) is 57.9. The standard InChI is InChI=1S/C55H94O6/c1-4-7-10-13-16-19-22-24-25-26-27-28-29-31-33-36-39-42-45-48-54(57)60-51-52(50-59-53(56)47-44-41-38-35-32-21-18-15-12-9-6-3)61-55(58)49-46-43-40-37-34-30-23-20-17-14-11-8-5-2/h7,10,16,19,24-25,27-28,30,34,40,43,52H,4-6,8-9,11-15,17-18,20-23,26,29,31-33,35-39,41-42,44-51H2,1-3H3/b10-7-,19-16-,25-24-,28-27-,34-30-,43-40-. The molecule has 0 spiro atoms. The minimum absolute atomic E-state index is 0.101. The Morgan fingerprint density at radius 1 is 0.344 bits per heavy atom. The molecule has 1 unspecified atom stereocenters. The maximum Gasteiger partial charge on any atom is 0.306 e. The maximum absolute atomic E-state index is 12.7. The van der Waals surface area contributed by atoms with Crippen LogP contribution in [0.3, 0.4) is 0 Å². The van der Waals surface area contributed by atoms with Gasteiger partial charge in [0.1, 0.15) is 13.2 Å². The molecule has 0 saturated heterocycles. The molecule has 0 bridgehead atoms. The first-order chi connectivity index (χ1) is 30.0. The second kappa shape index (κ2) is 49.5. The highest BCUT2D eigenvalue weighted by Gasteiger charge is 2.19. The maximum atomic E-state index is 12.7. The predicted octanol–water partition coefficient (Wildman–Crippen LogP) is 16.6. The molecule has 0 aromatic heterocycles. The number of hydrogen-bond donors (Lipinski definition) is 0. The van der Waals surface area contributed by atoms with Crippen molar-refractivity contribution in [2.24, 2.45) is 0 Å². The van der Waals surface area contributed by atoms with Crippen LogP contribution >= 0.6 is 0 Å². The van der Waals surface area contributed by atoms with Gasteiger partial charge in [0.2, 0.25) is 0 Å². The number of hydrogen-bond acceptors (Lipinski definition) is 6. The lowest BCUT2D eigenvalue weighted by Crippen LogP contribution is -2.30. The number of carbonyl (C=O) groups is 3. The molecule has 6 nitrogen and oxygen atoms in total. The molecule has 0 fully saturated rings. The summed E-state index contributed by atoms with van der Waals surface area (Å²) in [4.78, 5) is 37.9. The fourth-order valence-electron chi connectivity index (χ4n) is 6.90. The highest BCUT2D eigenvalue weighted by molar-refractivity contribution is 5.71. The molecule has 0 N–H and O–H groups in total. The monoisotopic (exact) mass is 851 g/mol. The van der Waals surface area contributed by atoms with Gasteiger partial charge in [0.15, 0.2) is 6.10 Å². The van der Waals surface area contributed by atoms with Crippen molar-refractivity contribution in [1.82, 2.24) is 0 Å². The molecular formula is C55H94O6. The second-order valence-corrected chi connectivity index (χ2v) is 16.7. The normalized spacial score (nSPS) is 12.6. The molecule has 6 heteroatoms. The molecule has 0 saturated carbocycles. The Balaban J connectivity index is 4.42. The summed E-state index contributed by atoms with van der Waals surface area (Å²) in [6.07, 6.45) is 61.8. The SMILES string of the molecule is CC/C=C\C/C=C\C/C=C\C/C=C\CCCCCCCCC(=O)OCC(COC(=O)CCCCCCCCCCCCC)OC(=O)CC/C=C\C/C=C\CCCCCCCC. The van der Waals surface area contributed by atoms with E-state index in [1.54, 1.807) is 0 Å². The largest absolute Gasteiger partial charge is 0.462 e. The van der Waals surface area contributed by atoms with Crippen LogP contribution in [-0.2, 0) is 28.6 Å². The Hall–Kier alpha value is -3.15. The number of carbonyl (C=O) groups excluding carboxylic acids is 3. The average molecular weight is 851 g/mol. The molecule has 0 aliphatic heterocycles. The zero-order chi connectivity index (χ0) is 44.4. The van der Waals surface area contributed by atoms with E-state index in [-0.39, 0.29) is 37.5 Å². The molecular weight excluding hydrogens is 757 g/mol. The molecule has 61 heavy (non-hydrogen) atoms. The van der Waals surface area contributed by atoms with Gasteiger partial charge in [0.25, 0.3) is 0 Å². The summed E-state index contributed by atoms with van der Waals surface area (Å²) in [5.74, 6) is -0.984. The van der Waals surface area contributed by atoms with Crippen molar-refractivity contribution < 1.29 is 28.6 Å². The van der Waals surface area contributed by atoms with Crippen molar-refractivity contribution in [1.29, 1.82) is 0 Å². The van der Waals surface area contributed by atoms with Crippen LogP contribution in [0.25, 0.3) is 0 Å². The molecule has 0 heterocycles. The lowest BCUT2D eigenvalue weighted by Gasteiger charge is -2.18. The molecule has 350 valence electrons. The quantitative estimate of drug-likeness (QED) is 0.0263. The minimum atomic E-state index is -0.809. The summed E-state index contributed by atoms with van der Waals surface area (Å²) in [6.45, 7) is 6.44. The van der Waals surface area contributed by atoms with E-state index in [1.807, 2.05) is 6.08 Å². The molecule has 1 atom stereocenters. The lowest BCUT2D eigenvalue weighted by molar-refractivity contribution is -0.166. The van der Waals surface area contributed by atoms with Crippen LogP contribution in [0.5, 0.6) is 0 Å². The van der Waals surface area contributed by atoms with Gasteiger partial charge in [-0.1, -0.05) is 216 Å². The van der Waals surface area contributed by atoms with Crippen LogP contribution in [-0.4, -0.2) is 37.2 Å². The van der Waals surface area contributed by atoms with Gasteiger partial charge in [-0.25, -0.2) is 0 Å². The number of rotatable bonds is 45. The van der Waals surface area contributed by atoms with Crippen molar-refractivity contribution >= 4 is 17.9 Å². The van der Waals surface area contributed by atoms with Crippen LogP contribution in [0.1, 0.15) is 239 Å². The van der Waals surface area contributed by atoms with Gasteiger partial charge in [0, 0.05) is 19.3 Å². The molecule has 0 aliphatic carbocycles. The van der Waals surface area contributed by atoms with Gasteiger partial charge in [-0.15, -0.1) is 0 Å². The second-order valence-electron chi connectivity index (χ2n) is 16.7.